The van der Waals surface area contributed by atoms with Gasteiger partial charge < -0.3 is 0 Å². The minimum atomic E-state index is 0.00536. The molecule has 10 rings (SSSR count). The van der Waals surface area contributed by atoms with E-state index >= 15 is 0 Å². The molecular formula is C50H36S. The first-order valence-electron chi connectivity index (χ1n) is 17.9. The maximum Gasteiger partial charge on any atom is 0.0434 e. The highest BCUT2D eigenvalue weighted by molar-refractivity contribution is 7.26. The van der Waals surface area contributed by atoms with E-state index in [9.17, 15) is 0 Å². The number of hydrogen-bond donors (Lipinski definition) is 0. The lowest BCUT2D eigenvalue weighted by Crippen LogP contribution is -2.13. The van der Waals surface area contributed by atoms with E-state index in [0.29, 0.717) is 0 Å². The van der Waals surface area contributed by atoms with Gasteiger partial charge in [0.05, 0.1) is 0 Å². The second-order valence-corrected chi connectivity index (χ2v) is 15.8. The fourth-order valence-corrected chi connectivity index (χ4v) is 9.99. The van der Waals surface area contributed by atoms with Crippen LogP contribution in [0.3, 0.4) is 0 Å². The Balaban J connectivity index is 1.25. The molecule has 0 nitrogen and oxygen atoms in total. The first kappa shape index (κ1) is 30.1. The van der Waals surface area contributed by atoms with Crippen LogP contribution in [-0.2, 0) is 5.41 Å². The smallest absolute Gasteiger partial charge is 0.0434 e. The lowest BCUT2D eigenvalue weighted by Gasteiger charge is -2.26. The number of hydrogen-bond acceptors (Lipinski definition) is 1. The Morgan fingerprint density at radius 2 is 0.804 bits per heavy atom. The molecule has 9 aromatic carbocycles. The summed E-state index contributed by atoms with van der Waals surface area (Å²) in [5, 5.41) is 13.1. The molecular weight excluding hydrogens is 633 g/mol. The largest absolute Gasteiger partial charge is 0.135 e. The normalized spacial score (nSPS) is 12.2. The molecule has 1 heteroatoms. The highest BCUT2D eigenvalue weighted by Crippen LogP contribution is 2.49. The van der Waals surface area contributed by atoms with Crippen LogP contribution in [0, 0.1) is 0 Å². The maximum atomic E-state index is 2.44. The average Bonchev–Trinajstić information content (AvgIpc) is 3.54. The summed E-state index contributed by atoms with van der Waals surface area (Å²) in [5.74, 6) is 0. The lowest BCUT2D eigenvalue weighted by molar-refractivity contribution is 0.601. The first-order chi connectivity index (χ1) is 25.0. The number of thiophene rings is 1. The summed E-state index contributed by atoms with van der Waals surface area (Å²) in [6.07, 6.45) is 0. The van der Waals surface area contributed by atoms with Crippen molar-refractivity contribution in [2.24, 2.45) is 0 Å². The van der Waals surface area contributed by atoms with E-state index in [0.717, 1.165) is 0 Å². The molecule has 1 heterocycles. The summed E-state index contributed by atoms with van der Waals surface area (Å²) < 4.78 is 2.66. The molecule has 0 unspecified atom stereocenters. The molecule has 0 saturated heterocycles. The maximum absolute atomic E-state index is 2.44. The zero-order chi connectivity index (χ0) is 34.3. The van der Waals surface area contributed by atoms with Gasteiger partial charge in [-0.05, 0) is 88.0 Å². The number of benzene rings is 9. The first-order valence-corrected chi connectivity index (χ1v) is 18.7. The van der Waals surface area contributed by atoms with Crippen LogP contribution >= 0.6 is 11.3 Å². The third kappa shape index (κ3) is 4.58. The van der Waals surface area contributed by atoms with Gasteiger partial charge in [-0.15, -0.1) is 11.3 Å². The Hall–Kier alpha value is -5.76. The zero-order valence-electron chi connectivity index (χ0n) is 29.0. The minimum Gasteiger partial charge on any atom is -0.135 e. The molecule has 242 valence electrons. The van der Waals surface area contributed by atoms with Gasteiger partial charge in [0.1, 0.15) is 0 Å². The van der Waals surface area contributed by atoms with Gasteiger partial charge in [0.25, 0.3) is 0 Å². The summed E-state index contributed by atoms with van der Waals surface area (Å²) in [6.45, 7) is 7.02. The fourth-order valence-electron chi connectivity index (χ4n) is 8.73. The molecule has 0 fully saturated rings. The van der Waals surface area contributed by atoms with Gasteiger partial charge in [0.15, 0.2) is 0 Å². The molecule has 0 aliphatic heterocycles. The van der Waals surface area contributed by atoms with Crippen molar-refractivity contribution in [1.82, 2.24) is 0 Å². The molecule has 0 atom stereocenters. The van der Waals surface area contributed by atoms with Crippen LogP contribution in [0.5, 0.6) is 0 Å². The lowest BCUT2D eigenvalue weighted by atomic mass is 9.78. The third-order valence-electron chi connectivity index (χ3n) is 10.7. The summed E-state index contributed by atoms with van der Waals surface area (Å²) in [4.78, 5) is 0. The molecule has 10 aromatic rings. The summed E-state index contributed by atoms with van der Waals surface area (Å²) >= 11 is 1.93. The van der Waals surface area contributed by atoms with E-state index in [2.05, 4.69) is 185 Å². The molecule has 0 saturated carbocycles. The topological polar surface area (TPSA) is 0 Å². The second kappa shape index (κ2) is 11.4. The van der Waals surface area contributed by atoms with Crippen LogP contribution in [0.4, 0.5) is 0 Å². The van der Waals surface area contributed by atoms with Crippen LogP contribution in [0.25, 0.3) is 96.6 Å². The van der Waals surface area contributed by atoms with Crippen molar-refractivity contribution in [2.75, 3.05) is 0 Å². The Labute approximate surface area is 302 Å². The highest BCUT2D eigenvalue weighted by atomic mass is 32.1. The average molecular weight is 669 g/mol. The van der Waals surface area contributed by atoms with Gasteiger partial charge in [-0.3, -0.25) is 0 Å². The van der Waals surface area contributed by atoms with Gasteiger partial charge >= 0.3 is 0 Å². The Bertz CT molecular complexity index is 2880. The van der Waals surface area contributed by atoms with Gasteiger partial charge in [-0.1, -0.05) is 178 Å². The van der Waals surface area contributed by atoms with Crippen molar-refractivity contribution in [3.8, 4) is 33.4 Å². The van der Waals surface area contributed by atoms with Crippen molar-refractivity contribution in [2.45, 2.75) is 26.2 Å². The van der Waals surface area contributed by atoms with Crippen molar-refractivity contribution in [1.29, 1.82) is 0 Å². The van der Waals surface area contributed by atoms with Crippen LogP contribution in [0.1, 0.15) is 26.3 Å². The van der Waals surface area contributed by atoms with Crippen molar-refractivity contribution < 1.29 is 0 Å². The van der Waals surface area contributed by atoms with Crippen molar-refractivity contribution >= 4 is 74.6 Å². The molecule has 0 aliphatic carbocycles. The molecule has 0 N–H and O–H groups in total. The van der Waals surface area contributed by atoms with Crippen molar-refractivity contribution in [3.63, 3.8) is 0 Å². The Morgan fingerprint density at radius 3 is 1.33 bits per heavy atom. The van der Waals surface area contributed by atoms with Crippen LogP contribution < -0.4 is 0 Å². The van der Waals surface area contributed by atoms with Crippen molar-refractivity contribution in [3.05, 3.63) is 169 Å². The molecule has 0 spiro atoms. The van der Waals surface area contributed by atoms with Crippen LogP contribution in [0.15, 0.2) is 164 Å². The second-order valence-electron chi connectivity index (χ2n) is 14.8. The summed E-state index contributed by atoms with van der Waals surface area (Å²) in [5.41, 5.74) is 9.18. The fraction of sp³-hybridized carbons (Fsp3) is 0.0800. The Kier molecular flexibility index (Phi) is 6.72. The van der Waals surface area contributed by atoms with Gasteiger partial charge in [-0.25, -0.2) is 0 Å². The van der Waals surface area contributed by atoms with E-state index in [4.69, 9.17) is 0 Å². The SMILES string of the molecule is CC(C)(C)c1c2ccccc2c(-c2cccc3c2sc2cc(-c4c5ccccc5c(-c5ccccc5)c5ccccc45)ccc23)c2ccccc12. The zero-order valence-corrected chi connectivity index (χ0v) is 29.8. The highest BCUT2D eigenvalue weighted by Gasteiger charge is 2.24. The number of rotatable bonds is 3. The van der Waals surface area contributed by atoms with E-state index in [1.165, 1.54) is 102 Å². The van der Waals surface area contributed by atoms with Gasteiger partial charge in [0, 0.05) is 25.7 Å². The van der Waals surface area contributed by atoms with E-state index in [1.54, 1.807) is 0 Å². The molecule has 0 aliphatic rings. The molecule has 0 amide bonds. The molecule has 0 bridgehead atoms. The van der Waals surface area contributed by atoms with Gasteiger partial charge in [0.2, 0.25) is 0 Å². The Morgan fingerprint density at radius 1 is 0.353 bits per heavy atom. The quantitative estimate of drug-likeness (QED) is 0.164. The van der Waals surface area contributed by atoms with Gasteiger partial charge in [-0.2, -0.15) is 0 Å². The van der Waals surface area contributed by atoms with E-state index in [1.807, 2.05) is 11.3 Å². The monoisotopic (exact) mass is 668 g/mol. The minimum absolute atomic E-state index is 0.00536. The molecule has 1 aromatic heterocycles. The van der Waals surface area contributed by atoms with Crippen LogP contribution in [0.2, 0.25) is 0 Å². The van der Waals surface area contributed by atoms with Crippen LogP contribution in [-0.4, -0.2) is 0 Å². The molecule has 0 radical (unpaired) electrons. The van der Waals surface area contributed by atoms with E-state index in [-0.39, 0.29) is 5.41 Å². The standard InChI is InChI=1S/C50H36S/c1-50(2,3)48-40-24-13-11-22-38(40)47(39-23-12-14-25-41(39)48)43-27-15-26-42-33-29-28-32(30-44(33)51-49(42)43)46-36-20-9-7-18-34(36)45(31-16-5-4-6-17-31)35-19-8-10-21-37(35)46/h4-30H,1-3H3. The molecule has 51 heavy (non-hydrogen) atoms. The third-order valence-corrected chi connectivity index (χ3v) is 11.9. The summed E-state index contributed by atoms with van der Waals surface area (Å²) in [7, 11) is 0. The predicted molar refractivity (Wildman–Crippen MR) is 224 cm³/mol. The van der Waals surface area contributed by atoms with E-state index < -0.39 is 0 Å². The summed E-state index contributed by atoms with van der Waals surface area (Å²) in [6, 6.07) is 60.9. The number of fused-ring (bicyclic) bond motifs is 7. The predicted octanol–water partition coefficient (Wildman–Crippen LogP) is 15.0.